The number of hydrogen-bond donors (Lipinski definition) is 1. The zero-order valence-electron chi connectivity index (χ0n) is 14.0. The summed E-state index contributed by atoms with van der Waals surface area (Å²) in [7, 11) is 0. The number of aryl methyl sites for hydroxylation is 2. The first kappa shape index (κ1) is 16.8. The Morgan fingerprint density at radius 2 is 2.12 bits per heavy atom. The number of furan rings is 1. The van der Waals surface area contributed by atoms with Gasteiger partial charge >= 0.3 is 0 Å². The van der Waals surface area contributed by atoms with E-state index in [1.165, 1.54) is 23.0 Å². The molecule has 1 aliphatic heterocycles. The Balaban J connectivity index is 1.53. The number of nitrogens with zero attached hydrogens (tertiary/aromatic N) is 1. The number of thiophene rings is 1. The normalized spacial score (nSPS) is 15.5. The summed E-state index contributed by atoms with van der Waals surface area (Å²) in [5.41, 5.74) is 1.82. The van der Waals surface area contributed by atoms with Crippen LogP contribution < -0.4 is 5.32 Å². The van der Waals surface area contributed by atoms with E-state index >= 15 is 0 Å². The van der Waals surface area contributed by atoms with Gasteiger partial charge in [-0.1, -0.05) is 6.92 Å². The molecule has 1 fully saturated rings. The van der Waals surface area contributed by atoms with Crippen molar-refractivity contribution in [2.24, 2.45) is 0 Å². The van der Waals surface area contributed by atoms with Gasteiger partial charge in [0.15, 0.2) is 0 Å². The molecule has 0 saturated carbocycles. The maximum atomic E-state index is 12.4. The number of carbonyl (C=O) groups excluding carboxylic acids is 2. The number of rotatable bonds is 4. The molecule has 2 aromatic heterocycles. The quantitative estimate of drug-likeness (QED) is 0.924. The molecule has 0 atom stereocenters. The maximum Gasteiger partial charge on any atom is 0.261 e. The van der Waals surface area contributed by atoms with Gasteiger partial charge in [0.05, 0.1) is 16.7 Å². The molecule has 2 amide bonds. The van der Waals surface area contributed by atoms with E-state index in [2.05, 4.69) is 19.2 Å². The van der Waals surface area contributed by atoms with Crippen molar-refractivity contribution >= 4 is 23.2 Å². The van der Waals surface area contributed by atoms with Crippen LogP contribution in [0.2, 0.25) is 0 Å². The van der Waals surface area contributed by atoms with Crippen LogP contribution in [0.15, 0.2) is 29.1 Å². The van der Waals surface area contributed by atoms with Gasteiger partial charge in [0.1, 0.15) is 6.26 Å². The van der Waals surface area contributed by atoms with Crippen molar-refractivity contribution in [3.05, 3.63) is 45.5 Å². The van der Waals surface area contributed by atoms with E-state index in [0.29, 0.717) is 18.7 Å². The SMILES string of the molecule is CCc1cc(C(=O)NC2CCN(C(=O)c3ccoc3)CC2)sc1C. The molecular formula is C18H22N2O3S. The molecule has 1 N–H and O–H groups in total. The summed E-state index contributed by atoms with van der Waals surface area (Å²) in [4.78, 5) is 28.5. The minimum absolute atomic E-state index is 0.00223. The van der Waals surface area contributed by atoms with Crippen molar-refractivity contribution in [3.8, 4) is 0 Å². The molecule has 0 aromatic carbocycles. The summed E-state index contributed by atoms with van der Waals surface area (Å²) in [6.07, 6.45) is 5.49. The predicted octanol–water partition coefficient (Wildman–Crippen LogP) is 3.25. The van der Waals surface area contributed by atoms with E-state index in [-0.39, 0.29) is 17.9 Å². The lowest BCUT2D eigenvalue weighted by Crippen LogP contribution is -2.46. The fourth-order valence-electron chi connectivity index (χ4n) is 3.03. The lowest BCUT2D eigenvalue weighted by Gasteiger charge is -2.32. The average molecular weight is 346 g/mol. The van der Waals surface area contributed by atoms with Crippen molar-refractivity contribution in [2.75, 3.05) is 13.1 Å². The summed E-state index contributed by atoms with van der Waals surface area (Å²) < 4.78 is 4.97. The van der Waals surface area contributed by atoms with Crippen LogP contribution in [0.25, 0.3) is 0 Å². The van der Waals surface area contributed by atoms with E-state index in [1.54, 1.807) is 17.4 Å². The van der Waals surface area contributed by atoms with Gasteiger partial charge < -0.3 is 14.6 Å². The molecule has 0 bridgehead atoms. The highest BCUT2D eigenvalue weighted by Gasteiger charge is 2.25. The number of likely N-dealkylation sites (tertiary alicyclic amines) is 1. The first-order valence-electron chi connectivity index (χ1n) is 8.30. The van der Waals surface area contributed by atoms with Crippen molar-refractivity contribution in [1.82, 2.24) is 10.2 Å². The summed E-state index contributed by atoms with van der Waals surface area (Å²) >= 11 is 1.55. The lowest BCUT2D eigenvalue weighted by atomic mass is 10.0. The molecule has 1 saturated heterocycles. The monoisotopic (exact) mass is 346 g/mol. The molecule has 6 heteroatoms. The van der Waals surface area contributed by atoms with Crippen LogP contribution in [0.5, 0.6) is 0 Å². The zero-order chi connectivity index (χ0) is 17.1. The molecular weight excluding hydrogens is 324 g/mol. The van der Waals surface area contributed by atoms with E-state index in [4.69, 9.17) is 4.42 Å². The second-order valence-corrected chi connectivity index (χ2v) is 7.35. The fourth-order valence-corrected chi connectivity index (χ4v) is 4.05. The Morgan fingerprint density at radius 3 is 2.71 bits per heavy atom. The van der Waals surface area contributed by atoms with E-state index in [9.17, 15) is 9.59 Å². The summed E-state index contributed by atoms with van der Waals surface area (Å²) in [5, 5.41) is 3.11. The van der Waals surface area contributed by atoms with E-state index in [1.807, 2.05) is 11.0 Å². The number of carbonyl (C=O) groups is 2. The highest BCUT2D eigenvalue weighted by Crippen LogP contribution is 2.22. The van der Waals surface area contributed by atoms with Crippen molar-refractivity contribution in [1.29, 1.82) is 0 Å². The third-order valence-electron chi connectivity index (χ3n) is 4.51. The van der Waals surface area contributed by atoms with Crippen molar-refractivity contribution in [3.63, 3.8) is 0 Å². The van der Waals surface area contributed by atoms with E-state index < -0.39 is 0 Å². The first-order chi connectivity index (χ1) is 11.6. The zero-order valence-corrected chi connectivity index (χ0v) is 14.8. The molecule has 5 nitrogen and oxygen atoms in total. The summed E-state index contributed by atoms with van der Waals surface area (Å²) in [6, 6.07) is 3.80. The second kappa shape index (κ2) is 7.21. The minimum Gasteiger partial charge on any atom is -0.472 e. The highest BCUT2D eigenvalue weighted by molar-refractivity contribution is 7.14. The maximum absolute atomic E-state index is 12.4. The largest absolute Gasteiger partial charge is 0.472 e. The third-order valence-corrected chi connectivity index (χ3v) is 5.60. The van der Waals surface area contributed by atoms with Crippen molar-refractivity contribution in [2.45, 2.75) is 39.2 Å². The van der Waals surface area contributed by atoms with Gasteiger partial charge in [-0.05, 0) is 43.9 Å². The van der Waals surface area contributed by atoms with Crippen LogP contribution in [0.4, 0.5) is 0 Å². The van der Waals surface area contributed by atoms with Crippen LogP contribution in [-0.2, 0) is 6.42 Å². The van der Waals surface area contributed by atoms with Gasteiger partial charge in [0.25, 0.3) is 11.8 Å². The van der Waals surface area contributed by atoms with E-state index in [0.717, 1.165) is 24.1 Å². The molecule has 2 aromatic rings. The Kier molecular flexibility index (Phi) is 5.04. The molecule has 0 radical (unpaired) electrons. The second-order valence-electron chi connectivity index (χ2n) is 6.10. The van der Waals surface area contributed by atoms with Gasteiger partial charge in [-0.25, -0.2) is 0 Å². The topological polar surface area (TPSA) is 62.6 Å². The van der Waals surface area contributed by atoms with Crippen molar-refractivity contribution < 1.29 is 14.0 Å². The number of piperidine rings is 1. The van der Waals surface area contributed by atoms with Gasteiger partial charge in [-0.2, -0.15) is 0 Å². The van der Waals surface area contributed by atoms with Gasteiger partial charge in [-0.15, -0.1) is 11.3 Å². The Bertz CT molecular complexity index is 713. The smallest absolute Gasteiger partial charge is 0.261 e. The lowest BCUT2D eigenvalue weighted by molar-refractivity contribution is 0.0697. The molecule has 3 rings (SSSR count). The number of hydrogen-bond acceptors (Lipinski definition) is 4. The van der Waals surface area contributed by atoms with Gasteiger partial charge in [0.2, 0.25) is 0 Å². The molecule has 3 heterocycles. The fraction of sp³-hybridized carbons (Fsp3) is 0.444. The number of nitrogens with one attached hydrogen (secondary N) is 1. The Morgan fingerprint density at radius 1 is 1.38 bits per heavy atom. The predicted molar refractivity (Wildman–Crippen MR) is 93.5 cm³/mol. The highest BCUT2D eigenvalue weighted by atomic mass is 32.1. The molecule has 128 valence electrons. The van der Waals surface area contributed by atoms with Crippen LogP contribution in [0, 0.1) is 6.92 Å². The molecule has 1 aliphatic rings. The van der Waals surface area contributed by atoms with Gasteiger partial charge in [0, 0.05) is 24.0 Å². The first-order valence-corrected chi connectivity index (χ1v) is 9.11. The molecule has 0 spiro atoms. The molecule has 0 aliphatic carbocycles. The summed E-state index contributed by atoms with van der Waals surface area (Å²) in [6.45, 7) is 5.46. The third kappa shape index (κ3) is 3.53. The summed E-state index contributed by atoms with van der Waals surface area (Å²) in [5.74, 6) is -0.00240. The van der Waals surface area contributed by atoms with Gasteiger partial charge in [-0.3, -0.25) is 9.59 Å². The Hall–Kier alpha value is -2.08. The molecule has 0 unspecified atom stereocenters. The van der Waals surface area contributed by atoms with Crippen LogP contribution in [0.3, 0.4) is 0 Å². The number of amides is 2. The standard InChI is InChI=1S/C18H22N2O3S/c1-3-13-10-16(24-12(13)2)17(21)19-15-4-7-20(8-5-15)18(22)14-6-9-23-11-14/h6,9-11,15H,3-5,7-8H2,1-2H3,(H,19,21). The average Bonchev–Trinajstić information content (AvgIpc) is 3.24. The van der Waals surface area contributed by atoms with Crippen LogP contribution in [-0.4, -0.2) is 35.8 Å². The van der Waals surface area contributed by atoms with Crippen LogP contribution in [0.1, 0.15) is 50.2 Å². The van der Waals surface area contributed by atoms with Crippen LogP contribution >= 0.6 is 11.3 Å². The Labute approximate surface area is 145 Å². The minimum atomic E-state index is -0.00463. The molecule has 24 heavy (non-hydrogen) atoms.